The van der Waals surface area contributed by atoms with Crippen molar-refractivity contribution in [1.82, 2.24) is 0 Å². The van der Waals surface area contributed by atoms with Crippen molar-refractivity contribution in [3.8, 4) is 0 Å². The van der Waals surface area contributed by atoms with Crippen LogP contribution in [-0.4, -0.2) is 12.6 Å². The lowest BCUT2D eigenvalue weighted by Crippen LogP contribution is -2.15. The maximum atomic E-state index is 12.3. The summed E-state index contributed by atoms with van der Waals surface area (Å²) in [5.74, 6) is -2.84. The van der Waals surface area contributed by atoms with Crippen LogP contribution in [0.2, 0.25) is 0 Å². The average molecular weight is 152 g/mol. The van der Waals surface area contributed by atoms with Crippen LogP contribution < -0.4 is 0 Å². The van der Waals surface area contributed by atoms with Gasteiger partial charge in [-0.3, -0.25) is 4.39 Å². The van der Waals surface area contributed by atoms with Crippen LogP contribution in [-0.2, 0) is 0 Å². The number of hydrogen-bond acceptors (Lipinski definition) is 0. The summed E-state index contributed by atoms with van der Waals surface area (Å²) in [5.41, 5.74) is 0. The van der Waals surface area contributed by atoms with Gasteiger partial charge in [0, 0.05) is 12.8 Å². The fourth-order valence-electron chi connectivity index (χ4n) is 0.576. The SMILES string of the molecule is C=CCCC(F)(F)CCF. The van der Waals surface area contributed by atoms with Crippen LogP contribution in [0, 0.1) is 0 Å². The molecule has 0 heterocycles. The lowest BCUT2D eigenvalue weighted by Gasteiger charge is -2.11. The Morgan fingerprint density at radius 2 is 1.90 bits per heavy atom. The van der Waals surface area contributed by atoms with E-state index in [1.54, 1.807) is 0 Å². The second kappa shape index (κ2) is 4.36. The average Bonchev–Trinajstić information content (AvgIpc) is 1.84. The molecular weight excluding hydrogens is 141 g/mol. The van der Waals surface area contributed by atoms with E-state index in [-0.39, 0.29) is 12.8 Å². The fourth-order valence-corrected chi connectivity index (χ4v) is 0.576. The van der Waals surface area contributed by atoms with Crippen molar-refractivity contribution in [2.75, 3.05) is 6.67 Å². The summed E-state index contributed by atoms with van der Waals surface area (Å²) in [5, 5.41) is 0. The summed E-state index contributed by atoms with van der Waals surface area (Å²) < 4.78 is 36.1. The van der Waals surface area contributed by atoms with E-state index >= 15 is 0 Å². The fraction of sp³-hybridized carbons (Fsp3) is 0.714. The molecule has 0 rings (SSSR count). The molecule has 0 nitrogen and oxygen atoms in total. The summed E-state index contributed by atoms with van der Waals surface area (Å²) >= 11 is 0. The van der Waals surface area contributed by atoms with Gasteiger partial charge in [0.05, 0.1) is 6.67 Å². The van der Waals surface area contributed by atoms with Crippen molar-refractivity contribution in [1.29, 1.82) is 0 Å². The summed E-state index contributed by atoms with van der Waals surface area (Å²) in [7, 11) is 0. The molecule has 0 aromatic rings. The van der Waals surface area contributed by atoms with E-state index in [4.69, 9.17) is 0 Å². The number of alkyl halides is 3. The molecule has 0 unspecified atom stereocenters. The molecule has 0 spiro atoms. The quantitative estimate of drug-likeness (QED) is 0.531. The van der Waals surface area contributed by atoms with Crippen molar-refractivity contribution >= 4 is 0 Å². The monoisotopic (exact) mass is 152 g/mol. The highest BCUT2D eigenvalue weighted by Crippen LogP contribution is 2.24. The third kappa shape index (κ3) is 4.41. The van der Waals surface area contributed by atoms with Crippen LogP contribution in [0.4, 0.5) is 13.2 Å². The van der Waals surface area contributed by atoms with Crippen molar-refractivity contribution in [2.45, 2.75) is 25.2 Å². The Labute approximate surface area is 58.7 Å². The molecule has 0 atom stereocenters. The van der Waals surface area contributed by atoms with E-state index in [9.17, 15) is 13.2 Å². The molecule has 0 N–H and O–H groups in total. The van der Waals surface area contributed by atoms with Gasteiger partial charge in [-0.15, -0.1) is 6.58 Å². The Balaban J connectivity index is 3.51. The molecule has 0 aliphatic heterocycles. The number of allylic oxidation sites excluding steroid dienone is 1. The van der Waals surface area contributed by atoms with Gasteiger partial charge in [-0.05, 0) is 6.42 Å². The van der Waals surface area contributed by atoms with Gasteiger partial charge in [-0.25, -0.2) is 8.78 Å². The summed E-state index contributed by atoms with van der Waals surface area (Å²) in [6.07, 6.45) is 0.695. The van der Waals surface area contributed by atoms with E-state index in [0.717, 1.165) is 0 Å². The Morgan fingerprint density at radius 1 is 1.30 bits per heavy atom. The lowest BCUT2D eigenvalue weighted by atomic mass is 10.1. The number of rotatable bonds is 5. The van der Waals surface area contributed by atoms with E-state index in [1.807, 2.05) is 0 Å². The molecule has 0 saturated carbocycles. The Bertz CT molecular complexity index is 99.0. The van der Waals surface area contributed by atoms with E-state index in [2.05, 4.69) is 6.58 Å². The molecule has 60 valence electrons. The summed E-state index contributed by atoms with van der Waals surface area (Å²) in [6.45, 7) is 2.34. The molecular formula is C7H11F3. The van der Waals surface area contributed by atoms with Gasteiger partial charge in [0.1, 0.15) is 0 Å². The minimum absolute atomic E-state index is 0.243. The third-order valence-corrected chi connectivity index (χ3v) is 1.17. The van der Waals surface area contributed by atoms with Gasteiger partial charge >= 0.3 is 0 Å². The smallest absolute Gasteiger partial charge is 0.250 e. The van der Waals surface area contributed by atoms with Crippen LogP contribution in [0.3, 0.4) is 0 Å². The second-order valence-electron chi connectivity index (χ2n) is 2.12. The number of halogens is 3. The van der Waals surface area contributed by atoms with Crippen molar-refractivity contribution < 1.29 is 13.2 Å². The highest BCUT2D eigenvalue weighted by molar-refractivity contribution is 4.73. The van der Waals surface area contributed by atoms with Crippen LogP contribution in [0.25, 0.3) is 0 Å². The predicted molar refractivity (Wildman–Crippen MR) is 35.0 cm³/mol. The zero-order chi connectivity index (χ0) is 8.04. The van der Waals surface area contributed by atoms with Crippen LogP contribution in [0.5, 0.6) is 0 Å². The first kappa shape index (κ1) is 9.53. The van der Waals surface area contributed by atoms with Crippen molar-refractivity contribution in [3.63, 3.8) is 0 Å². The molecule has 10 heavy (non-hydrogen) atoms. The molecule has 0 bridgehead atoms. The second-order valence-corrected chi connectivity index (χ2v) is 2.12. The molecule has 3 heteroatoms. The normalized spacial score (nSPS) is 11.5. The molecule has 0 amide bonds. The lowest BCUT2D eigenvalue weighted by molar-refractivity contribution is -0.0202. The topological polar surface area (TPSA) is 0 Å². The summed E-state index contributed by atoms with van der Waals surface area (Å²) in [6, 6.07) is 0. The van der Waals surface area contributed by atoms with Gasteiger partial charge in [-0.1, -0.05) is 6.08 Å². The molecule has 0 radical (unpaired) electrons. The summed E-state index contributed by atoms with van der Waals surface area (Å²) in [4.78, 5) is 0. The first-order chi connectivity index (χ1) is 4.62. The molecule has 0 fully saturated rings. The van der Waals surface area contributed by atoms with Crippen LogP contribution in [0.15, 0.2) is 12.7 Å². The largest absolute Gasteiger partial charge is 0.251 e. The van der Waals surface area contributed by atoms with Crippen molar-refractivity contribution in [3.05, 3.63) is 12.7 Å². The molecule has 0 saturated heterocycles. The molecule has 0 aliphatic carbocycles. The predicted octanol–water partition coefficient (Wildman–Crippen LogP) is 2.95. The minimum atomic E-state index is -2.84. The van der Waals surface area contributed by atoms with Gasteiger partial charge in [0.25, 0.3) is 5.92 Å². The van der Waals surface area contributed by atoms with Crippen molar-refractivity contribution in [2.24, 2.45) is 0 Å². The highest BCUT2D eigenvalue weighted by atomic mass is 19.3. The Hall–Kier alpha value is -0.470. The minimum Gasteiger partial charge on any atom is -0.251 e. The van der Waals surface area contributed by atoms with Crippen LogP contribution >= 0.6 is 0 Å². The molecule has 0 aromatic carbocycles. The van der Waals surface area contributed by atoms with Gasteiger partial charge in [0.15, 0.2) is 0 Å². The molecule has 0 aliphatic rings. The van der Waals surface area contributed by atoms with Gasteiger partial charge in [0.2, 0.25) is 0 Å². The van der Waals surface area contributed by atoms with E-state index < -0.39 is 19.0 Å². The number of hydrogen-bond donors (Lipinski definition) is 0. The van der Waals surface area contributed by atoms with Gasteiger partial charge in [-0.2, -0.15) is 0 Å². The zero-order valence-corrected chi connectivity index (χ0v) is 5.75. The maximum absolute atomic E-state index is 12.3. The van der Waals surface area contributed by atoms with E-state index in [1.165, 1.54) is 6.08 Å². The highest BCUT2D eigenvalue weighted by Gasteiger charge is 2.26. The first-order valence-corrected chi connectivity index (χ1v) is 3.17. The Morgan fingerprint density at radius 3 is 2.30 bits per heavy atom. The third-order valence-electron chi connectivity index (χ3n) is 1.17. The standard InChI is InChI=1S/C7H11F3/c1-2-3-4-7(9,10)5-6-8/h2H,1,3-6H2. The first-order valence-electron chi connectivity index (χ1n) is 3.17. The molecule has 0 aromatic heterocycles. The maximum Gasteiger partial charge on any atom is 0.250 e. The zero-order valence-electron chi connectivity index (χ0n) is 5.75. The van der Waals surface area contributed by atoms with Gasteiger partial charge < -0.3 is 0 Å². The Kier molecular flexibility index (Phi) is 4.16. The van der Waals surface area contributed by atoms with Crippen LogP contribution in [0.1, 0.15) is 19.3 Å². The van der Waals surface area contributed by atoms with E-state index in [0.29, 0.717) is 0 Å².